The predicted molar refractivity (Wildman–Crippen MR) is 57.8 cm³/mol. The van der Waals surface area contributed by atoms with Gasteiger partial charge in [0.25, 0.3) is 0 Å². The van der Waals surface area contributed by atoms with E-state index in [0.717, 1.165) is 17.2 Å². The molecule has 0 aromatic rings. The summed E-state index contributed by atoms with van der Waals surface area (Å²) in [4.78, 5) is 0. The highest BCUT2D eigenvalue weighted by Crippen LogP contribution is 2.31. The van der Waals surface area contributed by atoms with Crippen molar-refractivity contribution in [1.82, 2.24) is 5.32 Å². The first-order chi connectivity index (χ1) is 5.74. The summed E-state index contributed by atoms with van der Waals surface area (Å²) in [6.45, 7) is 5.76. The topological polar surface area (TPSA) is 12.0 Å². The molecule has 0 aromatic carbocycles. The maximum Gasteiger partial charge on any atom is 0.0188 e. The van der Waals surface area contributed by atoms with Crippen LogP contribution in [0.4, 0.5) is 0 Å². The van der Waals surface area contributed by atoms with Crippen molar-refractivity contribution in [2.75, 3.05) is 11.9 Å². The molecule has 72 valence electrons. The van der Waals surface area contributed by atoms with Crippen molar-refractivity contribution in [3.63, 3.8) is 0 Å². The number of alkyl halides is 1. The molecule has 1 rings (SSSR count). The van der Waals surface area contributed by atoms with E-state index in [-0.39, 0.29) is 0 Å². The molecule has 2 heteroatoms. The van der Waals surface area contributed by atoms with Crippen molar-refractivity contribution in [2.45, 2.75) is 39.2 Å². The first-order valence-corrected chi connectivity index (χ1v) is 6.15. The molecule has 0 aliphatic heterocycles. The summed E-state index contributed by atoms with van der Waals surface area (Å²) >= 11 is 3.54. The van der Waals surface area contributed by atoms with Crippen molar-refractivity contribution in [2.24, 2.45) is 11.8 Å². The van der Waals surface area contributed by atoms with E-state index in [2.05, 4.69) is 35.1 Å². The molecule has 0 heterocycles. The molecule has 0 amide bonds. The van der Waals surface area contributed by atoms with Crippen molar-refractivity contribution in [3.8, 4) is 0 Å². The van der Waals surface area contributed by atoms with Crippen molar-refractivity contribution in [1.29, 1.82) is 0 Å². The van der Waals surface area contributed by atoms with E-state index in [1.807, 2.05) is 0 Å². The van der Waals surface area contributed by atoms with Gasteiger partial charge in [-0.3, -0.25) is 0 Å². The van der Waals surface area contributed by atoms with E-state index in [4.69, 9.17) is 0 Å². The predicted octanol–water partition coefficient (Wildman–Crippen LogP) is 2.80. The van der Waals surface area contributed by atoms with E-state index in [1.54, 1.807) is 0 Å². The molecule has 12 heavy (non-hydrogen) atoms. The van der Waals surface area contributed by atoms with Crippen LogP contribution in [-0.4, -0.2) is 17.9 Å². The Kier molecular flexibility index (Phi) is 4.59. The van der Waals surface area contributed by atoms with Crippen molar-refractivity contribution in [3.05, 3.63) is 0 Å². The minimum atomic E-state index is 0.656. The molecule has 1 saturated carbocycles. The van der Waals surface area contributed by atoms with Gasteiger partial charge in [-0.15, -0.1) is 0 Å². The Labute approximate surface area is 84.4 Å². The number of rotatable bonds is 6. The highest BCUT2D eigenvalue weighted by molar-refractivity contribution is 9.09. The van der Waals surface area contributed by atoms with Crippen LogP contribution in [-0.2, 0) is 0 Å². The maximum absolute atomic E-state index is 3.59. The lowest BCUT2D eigenvalue weighted by atomic mass is 10.1. The van der Waals surface area contributed by atoms with Gasteiger partial charge in [-0.25, -0.2) is 0 Å². The quantitative estimate of drug-likeness (QED) is 0.697. The summed E-state index contributed by atoms with van der Waals surface area (Å²) in [5, 5.41) is 4.67. The fourth-order valence-corrected chi connectivity index (χ4v) is 2.32. The van der Waals surface area contributed by atoms with Gasteiger partial charge in [0.05, 0.1) is 0 Å². The van der Waals surface area contributed by atoms with Gasteiger partial charge in [-0.2, -0.15) is 0 Å². The molecular weight excluding hydrogens is 214 g/mol. The SMILES string of the molecule is CC(C)C(CBr)NCCC1CC1. The average Bonchev–Trinajstić information content (AvgIpc) is 2.80. The van der Waals surface area contributed by atoms with Gasteiger partial charge in [0.15, 0.2) is 0 Å². The van der Waals surface area contributed by atoms with Gasteiger partial charge in [0.1, 0.15) is 0 Å². The van der Waals surface area contributed by atoms with Gasteiger partial charge >= 0.3 is 0 Å². The lowest BCUT2D eigenvalue weighted by Crippen LogP contribution is -2.36. The first kappa shape index (κ1) is 10.5. The normalized spacial score (nSPS) is 20.0. The summed E-state index contributed by atoms with van der Waals surface area (Å²) in [6.07, 6.45) is 4.33. The Balaban J connectivity index is 2.01. The Morgan fingerprint density at radius 1 is 1.42 bits per heavy atom. The second-order valence-electron chi connectivity index (χ2n) is 4.19. The van der Waals surface area contributed by atoms with Gasteiger partial charge in [-0.1, -0.05) is 42.6 Å². The molecule has 0 saturated heterocycles. The van der Waals surface area contributed by atoms with Crippen LogP contribution in [0.1, 0.15) is 33.1 Å². The first-order valence-electron chi connectivity index (χ1n) is 5.03. The largest absolute Gasteiger partial charge is 0.313 e. The molecule has 1 aliphatic rings. The Bertz CT molecular complexity index is 121. The molecule has 1 unspecified atom stereocenters. The van der Waals surface area contributed by atoms with E-state index >= 15 is 0 Å². The molecule has 0 aromatic heterocycles. The number of halogens is 1. The molecule has 0 spiro atoms. The third kappa shape index (κ3) is 3.90. The zero-order valence-corrected chi connectivity index (χ0v) is 9.73. The Morgan fingerprint density at radius 2 is 2.08 bits per heavy atom. The Hall–Kier alpha value is 0.440. The monoisotopic (exact) mass is 233 g/mol. The average molecular weight is 234 g/mol. The van der Waals surface area contributed by atoms with Gasteiger partial charge in [0, 0.05) is 11.4 Å². The van der Waals surface area contributed by atoms with Gasteiger partial charge < -0.3 is 5.32 Å². The highest BCUT2D eigenvalue weighted by Gasteiger charge is 2.21. The number of hydrogen-bond donors (Lipinski definition) is 1. The zero-order valence-electron chi connectivity index (χ0n) is 8.15. The second kappa shape index (κ2) is 5.23. The van der Waals surface area contributed by atoms with Crippen LogP contribution in [0.15, 0.2) is 0 Å². The molecular formula is C10H20BrN. The van der Waals surface area contributed by atoms with E-state index in [9.17, 15) is 0 Å². The van der Waals surface area contributed by atoms with Crippen LogP contribution >= 0.6 is 15.9 Å². The number of nitrogens with one attached hydrogen (secondary N) is 1. The standard InChI is InChI=1S/C10H20BrN/c1-8(2)10(7-11)12-6-5-9-3-4-9/h8-10,12H,3-7H2,1-2H3. The zero-order chi connectivity index (χ0) is 8.97. The summed E-state index contributed by atoms with van der Waals surface area (Å²) in [5.74, 6) is 1.80. The van der Waals surface area contributed by atoms with Crippen LogP contribution in [0.3, 0.4) is 0 Å². The molecule has 0 radical (unpaired) electrons. The van der Waals surface area contributed by atoms with Crippen molar-refractivity contribution >= 4 is 15.9 Å². The minimum absolute atomic E-state index is 0.656. The molecule has 1 nitrogen and oxygen atoms in total. The lowest BCUT2D eigenvalue weighted by Gasteiger charge is -2.19. The maximum atomic E-state index is 3.59. The lowest BCUT2D eigenvalue weighted by molar-refractivity contribution is 0.426. The minimum Gasteiger partial charge on any atom is -0.313 e. The molecule has 0 bridgehead atoms. The smallest absolute Gasteiger partial charge is 0.0188 e. The summed E-state index contributed by atoms with van der Waals surface area (Å²) in [6, 6.07) is 0.656. The van der Waals surface area contributed by atoms with Gasteiger partial charge in [-0.05, 0) is 24.8 Å². The Morgan fingerprint density at radius 3 is 2.50 bits per heavy atom. The van der Waals surface area contributed by atoms with Crippen LogP contribution in [0, 0.1) is 11.8 Å². The summed E-state index contributed by atoms with van der Waals surface area (Å²) < 4.78 is 0. The summed E-state index contributed by atoms with van der Waals surface area (Å²) in [7, 11) is 0. The van der Waals surface area contributed by atoms with Crippen LogP contribution < -0.4 is 5.32 Å². The van der Waals surface area contributed by atoms with Crippen LogP contribution in [0.25, 0.3) is 0 Å². The molecule has 1 N–H and O–H groups in total. The van der Waals surface area contributed by atoms with E-state index < -0.39 is 0 Å². The number of hydrogen-bond acceptors (Lipinski definition) is 1. The van der Waals surface area contributed by atoms with Crippen LogP contribution in [0.5, 0.6) is 0 Å². The molecule has 1 aliphatic carbocycles. The van der Waals surface area contributed by atoms with Crippen molar-refractivity contribution < 1.29 is 0 Å². The highest BCUT2D eigenvalue weighted by atomic mass is 79.9. The molecule has 1 atom stereocenters. The fourth-order valence-electron chi connectivity index (χ4n) is 1.35. The fraction of sp³-hybridized carbons (Fsp3) is 1.00. The molecule has 1 fully saturated rings. The third-order valence-corrected chi connectivity index (χ3v) is 3.32. The second-order valence-corrected chi connectivity index (χ2v) is 4.84. The third-order valence-electron chi connectivity index (χ3n) is 2.63. The summed E-state index contributed by atoms with van der Waals surface area (Å²) in [5.41, 5.74) is 0. The van der Waals surface area contributed by atoms with E-state index in [0.29, 0.717) is 6.04 Å². The van der Waals surface area contributed by atoms with Gasteiger partial charge in [0.2, 0.25) is 0 Å². The van der Waals surface area contributed by atoms with Crippen LogP contribution in [0.2, 0.25) is 0 Å². The van der Waals surface area contributed by atoms with E-state index in [1.165, 1.54) is 25.8 Å².